The van der Waals surface area contributed by atoms with E-state index in [1.165, 1.54) is 116 Å². The normalized spacial score (nSPS) is 11.4. The van der Waals surface area contributed by atoms with Gasteiger partial charge < -0.3 is 10.5 Å². The average Bonchev–Trinajstić information content (AvgIpc) is 2.80. The van der Waals surface area contributed by atoms with Gasteiger partial charge in [0.15, 0.2) is 5.60 Å². The maximum atomic E-state index is 11.5. The quantitative estimate of drug-likeness (QED) is 0.108. The summed E-state index contributed by atoms with van der Waals surface area (Å²) in [4.78, 5) is 11.5. The van der Waals surface area contributed by atoms with E-state index in [-0.39, 0.29) is 0 Å². The second-order valence-electron chi connectivity index (χ2n) is 10.1. The van der Waals surface area contributed by atoms with Gasteiger partial charge >= 0.3 is 6.09 Å². The second kappa shape index (κ2) is 24.0. The number of nitrogens with two attached hydrogens (primary N) is 1. The highest BCUT2D eigenvalue weighted by atomic mass is 16.6. The van der Waals surface area contributed by atoms with Gasteiger partial charge in [-0.25, -0.2) is 4.79 Å². The molecule has 2 N–H and O–H groups in total. The molecule has 0 atom stereocenters. The summed E-state index contributed by atoms with van der Waals surface area (Å²) in [6.45, 7) is 4.53. The van der Waals surface area contributed by atoms with E-state index in [9.17, 15) is 4.79 Å². The molecule has 0 heterocycles. The summed E-state index contributed by atoms with van der Waals surface area (Å²) in [7, 11) is 0. The Balaban J connectivity index is 3.91. The molecule has 0 aromatic carbocycles. The molecule has 0 unspecified atom stereocenters. The van der Waals surface area contributed by atoms with Crippen molar-refractivity contribution >= 4 is 6.09 Å². The molecule has 0 aliphatic rings. The summed E-state index contributed by atoms with van der Waals surface area (Å²) in [5.41, 5.74) is 4.55. The van der Waals surface area contributed by atoms with E-state index in [1.807, 2.05) is 0 Å². The van der Waals surface area contributed by atoms with Crippen LogP contribution in [0.3, 0.4) is 0 Å². The van der Waals surface area contributed by atoms with Crippen LogP contribution in [0, 0.1) is 12.3 Å². The molecular formula is C30H57NO2. The van der Waals surface area contributed by atoms with Gasteiger partial charge in [-0.15, -0.1) is 6.42 Å². The van der Waals surface area contributed by atoms with Crippen LogP contribution in [0.15, 0.2) is 0 Å². The minimum absolute atomic E-state index is 0.737. The molecule has 0 aliphatic carbocycles. The molecule has 0 rings (SSSR count). The Bertz CT molecular complexity index is 442. The molecule has 0 radical (unpaired) electrons. The van der Waals surface area contributed by atoms with Crippen molar-refractivity contribution in [2.24, 2.45) is 5.73 Å². The molecule has 0 bridgehead atoms. The first-order valence-electron chi connectivity index (χ1n) is 14.6. The molecule has 0 saturated heterocycles. The van der Waals surface area contributed by atoms with Crippen LogP contribution < -0.4 is 5.73 Å². The number of amides is 1. The molecule has 0 aromatic rings. The summed E-state index contributed by atoms with van der Waals surface area (Å²) >= 11 is 0. The number of carbonyl (C=O) groups is 1. The molecule has 3 nitrogen and oxygen atoms in total. The summed E-state index contributed by atoms with van der Waals surface area (Å²) in [6, 6.07) is 0. The Morgan fingerprint density at radius 1 is 0.606 bits per heavy atom. The predicted octanol–water partition coefficient (Wildman–Crippen LogP) is 9.86. The number of terminal acetylenes is 1. The number of ether oxygens (including phenoxy) is 1. The first-order chi connectivity index (χ1) is 16.1. The third-order valence-electron chi connectivity index (χ3n) is 6.93. The third kappa shape index (κ3) is 21.1. The summed E-state index contributed by atoms with van der Waals surface area (Å²) < 4.78 is 5.47. The topological polar surface area (TPSA) is 52.3 Å². The number of unbranched alkanes of at least 4 members (excludes halogenated alkanes) is 20. The molecule has 0 aromatic heterocycles. The standard InChI is InChI=1S/C30H57NO2/c1-4-7-9-11-13-15-17-19-21-23-25-27-30(6-3,33-29(31)32)28-26-24-22-20-18-16-14-12-10-8-5-2/h3H,4-5,7-28H2,1-2H3,(H2,31,32). The molecule has 0 saturated carbocycles. The van der Waals surface area contributed by atoms with Crippen molar-refractivity contribution in [1.29, 1.82) is 0 Å². The van der Waals surface area contributed by atoms with E-state index in [0.29, 0.717) is 0 Å². The monoisotopic (exact) mass is 463 g/mol. The molecule has 194 valence electrons. The third-order valence-corrected chi connectivity index (χ3v) is 6.93. The first-order valence-corrected chi connectivity index (χ1v) is 14.6. The van der Waals surface area contributed by atoms with Gasteiger partial charge in [0.25, 0.3) is 0 Å². The Kier molecular flexibility index (Phi) is 23.1. The maximum absolute atomic E-state index is 11.5. The van der Waals surface area contributed by atoms with Gasteiger partial charge in [-0.05, 0) is 25.7 Å². The van der Waals surface area contributed by atoms with E-state index in [4.69, 9.17) is 16.9 Å². The lowest BCUT2D eigenvalue weighted by molar-refractivity contribution is 0.0441. The van der Waals surface area contributed by atoms with Crippen molar-refractivity contribution in [2.45, 2.75) is 174 Å². The SMILES string of the molecule is C#CC(CCCCCCCCCCCCC)(CCCCCCCCCCCCC)OC(N)=O. The average molecular weight is 464 g/mol. The van der Waals surface area contributed by atoms with Crippen LogP contribution in [0.1, 0.15) is 168 Å². The molecular weight excluding hydrogens is 406 g/mol. The summed E-state index contributed by atoms with van der Waals surface area (Å²) in [5.74, 6) is 2.79. The lowest BCUT2D eigenvalue weighted by Crippen LogP contribution is -2.36. The minimum atomic E-state index is -0.801. The molecule has 0 fully saturated rings. The van der Waals surface area contributed by atoms with Crippen molar-refractivity contribution < 1.29 is 9.53 Å². The highest BCUT2D eigenvalue weighted by Gasteiger charge is 2.30. The zero-order valence-electron chi connectivity index (χ0n) is 22.4. The largest absolute Gasteiger partial charge is 0.430 e. The van der Waals surface area contributed by atoms with Gasteiger partial charge in [-0.2, -0.15) is 0 Å². The fraction of sp³-hybridized carbons (Fsp3) is 0.900. The highest BCUT2D eigenvalue weighted by molar-refractivity contribution is 5.65. The van der Waals surface area contributed by atoms with Crippen molar-refractivity contribution in [2.75, 3.05) is 0 Å². The Labute approximate surface area is 207 Å². The molecule has 0 aliphatic heterocycles. The zero-order valence-corrected chi connectivity index (χ0v) is 22.4. The molecule has 3 heteroatoms. The van der Waals surface area contributed by atoms with Crippen LogP contribution in [0.25, 0.3) is 0 Å². The predicted molar refractivity (Wildman–Crippen MR) is 144 cm³/mol. The highest BCUT2D eigenvalue weighted by Crippen LogP contribution is 2.27. The first kappa shape index (κ1) is 31.8. The zero-order chi connectivity index (χ0) is 24.5. The number of hydrogen-bond acceptors (Lipinski definition) is 2. The Hall–Kier alpha value is -1.17. The van der Waals surface area contributed by atoms with E-state index >= 15 is 0 Å². The van der Waals surface area contributed by atoms with Crippen molar-refractivity contribution in [3.8, 4) is 12.3 Å². The number of hydrogen-bond donors (Lipinski definition) is 1. The Morgan fingerprint density at radius 3 is 1.12 bits per heavy atom. The lowest BCUT2D eigenvalue weighted by atomic mass is 9.90. The van der Waals surface area contributed by atoms with Crippen LogP contribution in [-0.2, 0) is 4.74 Å². The van der Waals surface area contributed by atoms with Crippen LogP contribution in [0.5, 0.6) is 0 Å². The van der Waals surface area contributed by atoms with Crippen molar-refractivity contribution in [3.63, 3.8) is 0 Å². The molecule has 1 amide bonds. The van der Waals surface area contributed by atoms with Gasteiger partial charge in [0, 0.05) is 0 Å². The van der Waals surface area contributed by atoms with Gasteiger partial charge in [0.2, 0.25) is 0 Å². The minimum Gasteiger partial charge on any atom is -0.430 e. The van der Waals surface area contributed by atoms with Gasteiger partial charge in [0.05, 0.1) is 0 Å². The van der Waals surface area contributed by atoms with Crippen LogP contribution in [0.4, 0.5) is 4.79 Å². The maximum Gasteiger partial charge on any atom is 0.406 e. The van der Waals surface area contributed by atoms with Gasteiger partial charge in [-0.1, -0.05) is 148 Å². The smallest absolute Gasteiger partial charge is 0.406 e. The molecule has 0 spiro atoms. The number of primary amides is 1. The fourth-order valence-electron chi connectivity index (χ4n) is 4.74. The molecule has 33 heavy (non-hydrogen) atoms. The van der Waals surface area contributed by atoms with E-state index in [2.05, 4.69) is 19.8 Å². The Morgan fingerprint density at radius 2 is 0.879 bits per heavy atom. The van der Waals surface area contributed by atoms with E-state index in [0.717, 1.165) is 38.5 Å². The second-order valence-corrected chi connectivity index (χ2v) is 10.1. The van der Waals surface area contributed by atoms with Crippen LogP contribution >= 0.6 is 0 Å². The van der Waals surface area contributed by atoms with E-state index in [1.54, 1.807) is 0 Å². The van der Waals surface area contributed by atoms with Crippen molar-refractivity contribution in [3.05, 3.63) is 0 Å². The van der Waals surface area contributed by atoms with Gasteiger partial charge in [-0.3, -0.25) is 0 Å². The summed E-state index contributed by atoms with van der Waals surface area (Å²) in [6.07, 6.45) is 35.1. The van der Waals surface area contributed by atoms with Crippen LogP contribution in [0.2, 0.25) is 0 Å². The van der Waals surface area contributed by atoms with Crippen LogP contribution in [-0.4, -0.2) is 11.7 Å². The van der Waals surface area contributed by atoms with Crippen molar-refractivity contribution in [1.82, 2.24) is 0 Å². The fourth-order valence-corrected chi connectivity index (χ4v) is 4.74. The van der Waals surface area contributed by atoms with Gasteiger partial charge in [0.1, 0.15) is 0 Å². The number of carbonyl (C=O) groups excluding carboxylic acids is 1. The summed E-state index contributed by atoms with van der Waals surface area (Å²) in [5, 5.41) is 0. The van der Waals surface area contributed by atoms with E-state index < -0.39 is 11.7 Å². The lowest BCUT2D eigenvalue weighted by Gasteiger charge is -2.27. The number of rotatable bonds is 25.